The third kappa shape index (κ3) is 2.30. The quantitative estimate of drug-likeness (QED) is 0.700. The summed E-state index contributed by atoms with van der Waals surface area (Å²) in [6.07, 6.45) is 0. The number of pyridine rings is 1. The highest BCUT2D eigenvalue weighted by molar-refractivity contribution is 7.98. The lowest BCUT2D eigenvalue weighted by Gasteiger charge is -2.12. The lowest BCUT2D eigenvalue weighted by molar-refractivity contribution is -0.135. The van der Waals surface area contributed by atoms with Gasteiger partial charge in [-0.3, -0.25) is 14.4 Å². The summed E-state index contributed by atoms with van der Waals surface area (Å²) < 4.78 is 1.32. The first-order valence-electron chi connectivity index (χ1n) is 5.45. The molecule has 0 saturated heterocycles. The smallest absolute Gasteiger partial charge is 0.322 e. The van der Waals surface area contributed by atoms with Crippen molar-refractivity contribution >= 4 is 23.6 Å². The number of nitrogens with one attached hydrogen (secondary N) is 1. The Morgan fingerprint density at radius 2 is 2.11 bits per heavy atom. The number of thioether (sulfide) groups is 1. The average molecular weight is 284 g/mol. The van der Waals surface area contributed by atoms with Gasteiger partial charge in [-0.1, -0.05) is 0 Å². The van der Waals surface area contributed by atoms with Gasteiger partial charge >= 0.3 is 5.97 Å². The Kier molecular flexibility index (Phi) is 3.52. The number of amides is 1. The number of carbonyl (C=O) groups is 2. The van der Waals surface area contributed by atoms with Crippen molar-refractivity contribution < 1.29 is 19.8 Å². The number of rotatable bonds is 3. The molecule has 0 fully saturated rings. The van der Waals surface area contributed by atoms with Crippen molar-refractivity contribution in [3.05, 3.63) is 27.2 Å². The highest BCUT2D eigenvalue weighted by Gasteiger charge is 2.27. The number of carboxylic acid groups (broad SMARTS) is 1. The van der Waals surface area contributed by atoms with Gasteiger partial charge in [-0.2, -0.15) is 11.8 Å². The zero-order valence-corrected chi connectivity index (χ0v) is 10.9. The molecule has 0 unspecified atom stereocenters. The van der Waals surface area contributed by atoms with E-state index < -0.39 is 29.5 Å². The van der Waals surface area contributed by atoms with Gasteiger partial charge in [-0.05, 0) is 0 Å². The topological polar surface area (TPSA) is 109 Å². The van der Waals surface area contributed by atoms with E-state index in [9.17, 15) is 19.5 Å². The van der Waals surface area contributed by atoms with Gasteiger partial charge in [0.2, 0.25) is 0 Å². The monoisotopic (exact) mass is 284 g/mol. The van der Waals surface area contributed by atoms with Gasteiger partial charge in [-0.25, -0.2) is 0 Å². The van der Waals surface area contributed by atoms with E-state index >= 15 is 0 Å². The number of aliphatic carboxylic acids is 1. The Morgan fingerprint density at radius 3 is 2.74 bits per heavy atom. The molecule has 3 N–H and O–H groups in total. The van der Waals surface area contributed by atoms with Gasteiger partial charge in [0.25, 0.3) is 11.5 Å². The Labute approximate surface area is 112 Å². The number of nitrogens with zero attached hydrogens (tertiary/aromatic N) is 1. The normalized spacial score (nSPS) is 13.1. The number of carbonyl (C=O) groups excluding carboxylic acids is 1. The van der Waals surface area contributed by atoms with Crippen molar-refractivity contribution in [2.24, 2.45) is 7.05 Å². The molecule has 1 amide bonds. The molecule has 1 aliphatic rings. The molecule has 7 nitrogen and oxygen atoms in total. The third-order valence-electron chi connectivity index (χ3n) is 2.91. The summed E-state index contributed by atoms with van der Waals surface area (Å²) >= 11 is 1.53. The molecule has 0 spiro atoms. The molecular formula is C11H12N2O5S. The van der Waals surface area contributed by atoms with Crippen LogP contribution in [-0.4, -0.2) is 33.2 Å². The van der Waals surface area contributed by atoms with Crippen LogP contribution in [0.3, 0.4) is 0 Å². The molecule has 8 heteroatoms. The summed E-state index contributed by atoms with van der Waals surface area (Å²) in [4.78, 5) is 34.2. The van der Waals surface area contributed by atoms with E-state index in [0.717, 1.165) is 0 Å². The standard InChI is InChI=1S/C11H12N2O5S/c1-13-6-4-19-3-5(6)9(16)8(11(13)18)10(17)12-2-7(14)15/h16H,2-4H2,1H3,(H,12,17)(H,14,15). The lowest BCUT2D eigenvalue weighted by Crippen LogP contribution is -2.36. The van der Waals surface area contributed by atoms with Gasteiger partial charge in [0, 0.05) is 29.8 Å². The maximum absolute atomic E-state index is 12.0. The summed E-state index contributed by atoms with van der Waals surface area (Å²) in [6, 6.07) is 0. The molecule has 1 aliphatic heterocycles. The second-order valence-corrected chi connectivity index (χ2v) is 5.07. The first kappa shape index (κ1) is 13.5. The fourth-order valence-electron chi connectivity index (χ4n) is 1.92. The summed E-state index contributed by atoms with van der Waals surface area (Å²) in [5.41, 5.74) is 0.237. The van der Waals surface area contributed by atoms with Crippen molar-refractivity contribution in [2.45, 2.75) is 11.5 Å². The van der Waals surface area contributed by atoms with E-state index in [2.05, 4.69) is 5.32 Å². The van der Waals surface area contributed by atoms with Crippen molar-refractivity contribution in [3.63, 3.8) is 0 Å². The summed E-state index contributed by atoms with van der Waals surface area (Å²) in [5.74, 6) is -1.31. The minimum Gasteiger partial charge on any atom is -0.507 e. The average Bonchev–Trinajstić information content (AvgIpc) is 2.83. The number of aromatic nitrogens is 1. The molecule has 1 aromatic rings. The van der Waals surface area contributed by atoms with E-state index in [1.165, 1.54) is 23.4 Å². The van der Waals surface area contributed by atoms with Crippen LogP contribution < -0.4 is 10.9 Å². The predicted octanol–water partition coefficient (Wildman–Crippen LogP) is -0.348. The van der Waals surface area contributed by atoms with E-state index in [-0.39, 0.29) is 5.75 Å². The van der Waals surface area contributed by atoms with Crippen LogP contribution in [-0.2, 0) is 23.3 Å². The first-order valence-corrected chi connectivity index (χ1v) is 6.60. The maximum atomic E-state index is 12.0. The molecular weight excluding hydrogens is 272 g/mol. The van der Waals surface area contributed by atoms with Crippen LogP contribution >= 0.6 is 11.8 Å². The van der Waals surface area contributed by atoms with Crippen LogP contribution in [0.25, 0.3) is 0 Å². The van der Waals surface area contributed by atoms with Crippen LogP contribution in [0.5, 0.6) is 5.75 Å². The van der Waals surface area contributed by atoms with Gasteiger partial charge < -0.3 is 20.1 Å². The summed E-state index contributed by atoms with van der Waals surface area (Å²) in [5, 5.41) is 20.6. The highest BCUT2D eigenvalue weighted by Crippen LogP contribution is 2.35. The molecule has 2 rings (SSSR count). The number of hydrogen-bond donors (Lipinski definition) is 3. The largest absolute Gasteiger partial charge is 0.507 e. The minimum absolute atomic E-state index is 0.342. The van der Waals surface area contributed by atoms with Crippen molar-refractivity contribution in [1.29, 1.82) is 0 Å². The number of carboxylic acids is 1. The Bertz CT molecular complexity index is 622. The fourth-order valence-corrected chi connectivity index (χ4v) is 3.09. The number of aromatic hydroxyl groups is 1. The van der Waals surface area contributed by atoms with Crippen molar-refractivity contribution in [3.8, 4) is 5.75 Å². The van der Waals surface area contributed by atoms with Crippen LogP contribution in [0.1, 0.15) is 21.6 Å². The predicted molar refractivity (Wildman–Crippen MR) is 68.3 cm³/mol. The molecule has 102 valence electrons. The van der Waals surface area contributed by atoms with E-state index in [0.29, 0.717) is 22.8 Å². The van der Waals surface area contributed by atoms with Crippen LogP contribution in [0, 0.1) is 0 Å². The maximum Gasteiger partial charge on any atom is 0.322 e. The van der Waals surface area contributed by atoms with Crippen molar-refractivity contribution in [2.75, 3.05) is 6.54 Å². The molecule has 0 saturated carbocycles. The van der Waals surface area contributed by atoms with Gasteiger partial charge in [0.1, 0.15) is 17.9 Å². The highest BCUT2D eigenvalue weighted by atomic mass is 32.2. The van der Waals surface area contributed by atoms with Crippen molar-refractivity contribution in [1.82, 2.24) is 9.88 Å². The second-order valence-electron chi connectivity index (χ2n) is 4.08. The Morgan fingerprint density at radius 1 is 1.42 bits per heavy atom. The van der Waals surface area contributed by atoms with E-state index in [4.69, 9.17) is 5.11 Å². The first-order chi connectivity index (χ1) is 8.93. The molecule has 0 aromatic carbocycles. The molecule has 19 heavy (non-hydrogen) atoms. The van der Waals surface area contributed by atoms with E-state index in [1.807, 2.05) is 0 Å². The third-order valence-corrected chi connectivity index (χ3v) is 3.88. The van der Waals surface area contributed by atoms with Gasteiger partial charge in [0.05, 0.1) is 0 Å². The van der Waals surface area contributed by atoms with E-state index in [1.54, 1.807) is 0 Å². The molecule has 1 aromatic heterocycles. The second kappa shape index (κ2) is 4.96. The molecule has 0 aliphatic carbocycles. The lowest BCUT2D eigenvalue weighted by atomic mass is 10.1. The van der Waals surface area contributed by atoms with Crippen LogP contribution in [0.2, 0.25) is 0 Å². The Hall–Kier alpha value is -1.96. The zero-order chi connectivity index (χ0) is 14.2. The minimum atomic E-state index is -1.22. The molecule has 0 atom stereocenters. The summed E-state index contributed by atoms with van der Waals surface area (Å²) in [7, 11) is 1.53. The van der Waals surface area contributed by atoms with Crippen LogP contribution in [0.4, 0.5) is 0 Å². The molecule has 2 heterocycles. The van der Waals surface area contributed by atoms with Gasteiger partial charge in [-0.15, -0.1) is 0 Å². The number of fused-ring (bicyclic) bond motifs is 1. The van der Waals surface area contributed by atoms with Crippen LogP contribution in [0.15, 0.2) is 4.79 Å². The fraction of sp³-hybridized carbons (Fsp3) is 0.364. The zero-order valence-electron chi connectivity index (χ0n) is 10.1. The SMILES string of the molecule is Cn1c2c(c(O)c(C(=O)NCC(=O)O)c1=O)CSC2. The molecule has 0 bridgehead atoms. The summed E-state index contributed by atoms with van der Waals surface area (Å²) in [6.45, 7) is -0.604. The van der Waals surface area contributed by atoms with Gasteiger partial charge in [0.15, 0.2) is 0 Å². The molecule has 0 radical (unpaired) electrons. The Balaban J connectivity index is 2.47. The number of hydrogen-bond acceptors (Lipinski definition) is 5.